The van der Waals surface area contributed by atoms with E-state index in [1.54, 1.807) is 37.3 Å². The van der Waals surface area contributed by atoms with Crippen molar-refractivity contribution in [1.29, 1.82) is 0 Å². The minimum atomic E-state index is -4.71. The third-order valence-electron chi connectivity index (χ3n) is 8.00. The lowest BCUT2D eigenvalue weighted by Crippen LogP contribution is -2.55. The lowest BCUT2D eigenvalue weighted by molar-refractivity contribution is -0.137. The van der Waals surface area contributed by atoms with Crippen LogP contribution in [0.15, 0.2) is 90.5 Å². The first-order chi connectivity index (χ1) is 23.3. The maximum Gasteiger partial charge on any atom is 0.416 e. The topological polar surface area (TPSA) is 123 Å². The number of anilines is 1. The van der Waals surface area contributed by atoms with Gasteiger partial charge in [0.1, 0.15) is 17.7 Å². The molecule has 0 saturated heterocycles. The zero-order valence-electron chi connectivity index (χ0n) is 26.5. The van der Waals surface area contributed by atoms with Crippen LogP contribution >= 0.6 is 0 Å². The molecule has 0 unspecified atom stereocenters. The number of carbonyl (C=O) groups excluding carboxylic acids is 4. The number of aromatic nitrogens is 2. The molecule has 2 heterocycles. The van der Waals surface area contributed by atoms with Gasteiger partial charge in [-0.2, -0.15) is 18.3 Å². The highest BCUT2D eigenvalue weighted by molar-refractivity contribution is 6.05. The third-order valence-corrected chi connectivity index (χ3v) is 8.00. The number of nitrogens with one attached hydrogen (secondary N) is 2. The van der Waals surface area contributed by atoms with Crippen LogP contribution in [0.25, 0.3) is 5.69 Å². The van der Waals surface area contributed by atoms with E-state index in [1.165, 1.54) is 53.9 Å². The fourth-order valence-electron chi connectivity index (χ4n) is 5.65. The van der Waals surface area contributed by atoms with Crippen LogP contribution in [0.4, 0.5) is 23.4 Å². The lowest BCUT2D eigenvalue weighted by atomic mass is 9.80. The molecular weight excluding hydrogens is 646 g/mol. The Kier molecular flexibility index (Phi) is 9.97. The molecule has 1 aromatic heterocycles. The Morgan fingerprint density at radius 1 is 1.00 bits per heavy atom. The zero-order chi connectivity index (χ0) is 35.5. The average molecular weight is 678 g/mol. The number of halogens is 4. The normalized spacial score (nSPS) is 16.2. The number of nitrogens with zero attached hydrogens (tertiary/aromatic N) is 3. The Balaban J connectivity index is 1.67. The average Bonchev–Trinajstić information content (AvgIpc) is 3.46. The Morgan fingerprint density at radius 3 is 2.33 bits per heavy atom. The number of carbonyl (C=O) groups is 4. The molecule has 1 aliphatic rings. The molecule has 0 spiro atoms. The first-order valence-corrected chi connectivity index (χ1v) is 15.1. The number of esters is 1. The largest absolute Gasteiger partial charge is 0.466 e. The summed E-state index contributed by atoms with van der Waals surface area (Å²) in [4.78, 5) is 54.0. The van der Waals surface area contributed by atoms with E-state index in [9.17, 15) is 36.7 Å². The standard InChI is InChI=1S/C35H31F4N5O5/c1-4-43-33-29(26(42-44(33)25-11-6-5-7-12-25)19-40-31(46)20(2)17-27(45)49-3)28(21-13-15-24(36)16-14-21)30(34(43)48)41-32(47)22-9-8-10-23(18-22)35(37,38)39/h5-18,28,30H,4,19H2,1-3H3,(H,40,46)(H,41,47)/b20-17+/t28-,30-/m0/s1. The van der Waals surface area contributed by atoms with Crippen molar-refractivity contribution in [2.75, 3.05) is 18.6 Å². The van der Waals surface area contributed by atoms with Crippen LogP contribution in [0.5, 0.6) is 0 Å². The molecule has 0 saturated carbocycles. The maximum atomic E-state index is 14.3. The third kappa shape index (κ3) is 7.22. The van der Waals surface area contributed by atoms with E-state index < -0.39 is 53.2 Å². The predicted octanol–water partition coefficient (Wildman–Crippen LogP) is 5.06. The Morgan fingerprint density at radius 2 is 1.69 bits per heavy atom. The SMILES string of the molecule is CCN1C(=O)[C@@H](NC(=O)c2cccc(C(F)(F)F)c2)[C@@H](c2ccc(F)cc2)c2c(CNC(=O)/C(C)=C/C(=O)OC)nn(-c3ccccc3)c21. The number of hydrogen-bond acceptors (Lipinski definition) is 6. The van der Waals surface area contributed by atoms with Crippen LogP contribution < -0.4 is 15.5 Å². The number of para-hydroxylation sites is 1. The second-order valence-electron chi connectivity index (χ2n) is 11.1. The summed E-state index contributed by atoms with van der Waals surface area (Å²) in [5.74, 6) is -4.14. The number of benzene rings is 3. The van der Waals surface area contributed by atoms with Crippen LogP contribution in [0.2, 0.25) is 0 Å². The quantitative estimate of drug-likeness (QED) is 0.145. The molecular formula is C35H31F4N5O5. The van der Waals surface area contributed by atoms with Gasteiger partial charge in [0.2, 0.25) is 5.91 Å². The van der Waals surface area contributed by atoms with Gasteiger partial charge in [0, 0.05) is 35.2 Å². The second kappa shape index (κ2) is 14.1. The van der Waals surface area contributed by atoms with Gasteiger partial charge in [0.05, 0.1) is 30.6 Å². The van der Waals surface area contributed by atoms with Crippen LogP contribution in [0, 0.1) is 5.82 Å². The van der Waals surface area contributed by atoms with Crippen molar-refractivity contribution in [2.24, 2.45) is 0 Å². The van der Waals surface area contributed by atoms with E-state index in [0.29, 0.717) is 28.7 Å². The van der Waals surface area contributed by atoms with E-state index >= 15 is 0 Å². The molecule has 0 bridgehead atoms. The summed E-state index contributed by atoms with van der Waals surface area (Å²) in [7, 11) is 1.17. The van der Waals surface area contributed by atoms with E-state index in [2.05, 4.69) is 15.4 Å². The molecule has 0 radical (unpaired) electrons. The van der Waals surface area contributed by atoms with Gasteiger partial charge < -0.3 is 15.4 Å². The van der Waals surface area contributed by atoms with Crippen molar-refractivity contribution >= 4 is 29.5 Å². The molecule has 3 amide bonds. The first kappa shape index (κ1) is 34.5. The first-order valence-electron chi connectivity index (χ1n) is 15.1. The molecule has 1 aliphatic heterocycles. The van der Waals surface area contributed by atoms with Gasteiger partial charge in [-0.15, -0.1) is 0 Å². The van der Waals surface area contributed by atoms with Gasteiger partial charge in [0.25, 0.3) is 11.8 Å². The lowest BCUT2D eigenvalue weighted by Gasteiger charge is -2.38. The molecule has 3 aromatic carbocycles. The smallest absolute Gasteiger partial charge is 0.416 e. The number of fused-ring (bicyclic) bond motifs is 1. The number of ether oxygens (including phenoxy) is 1. The Hall–Kier alpha value is -5.79. The Bertz CT molecular complexity index is 1920. The summed E-state index contributed by atoms with van der Waals surface area (Å²) >= 11 is 0. The molecule has 4 aromatic rings. The minimum Gasteiger partial charge on any atom is -0.466 e. The van der Waals surface area contributed by atoms with E-state index in [1.807, 2.05) is 0 Å². The summed E-state index contributed by atoms with van der Waals surface area (Å²) in [6.45, 7) is 3.02. The Labute approximate surface area is 278 Å². The van der Waals surface area contributed by atoms with E-state index in [0.717, 1.165) is 18.2 Å². The molecule has 2 N–H and O–H groups in total. The number of hydrogen-bond donors (Lipinski definition) is 2. The van der Waals surface area contributed by atoms with Crippen LogP contribution in [-0.4, -0.2) is 53.2 Å². The summed E-state index contributed by atoms with van der Waals surface area (Å²) in [5.41, 5.74) is 0.320. The summed E-state index contributed by atoms with van der Waals surface area (Å²) in [6.07, 6.45) is -3.69. The number of amides is 3. The summed E-state index contributed by atoms with van der Waals surface area (Å²) < 4.78 is 60.8. The van der Waals surface area contributed by atoms with Crippen molar-refractivity contribution in [3.05, 3.63) is 124 Å². The van der Waals surface area contributed by atoms with Crippen molar-refractivity contribution < 1.29 is 41.5 Å². The van der Waals surface area contributed by atoms with Gasteiger partial charge in [0.15, 0.2) is 0 Å². The van der Waals surface area contributed by atoms with Crippen LogP contribution in [0.1, 0.15) is 52.5 Å². The predicted molar refractivity (Wildman–Crippen MR) is 170 cm³/mol. The number of alkyl halides is 3. The van der Waals surface area contributed by atoms with Crippen molar-refractivity contribution in [1.82, 2.24) is 20.4 Å². The van der Waals surface area contributed by atoms with Crippen LogP contribution in [0.3, 0.4) is 0 Å². The number of rotatable bonds is 9. The van der Waals surface area contributed by atoms with Gasteiger partial charge in [-0.25, -0.2) is 13.9 Å². The summed E-state index contributed by atoms with van der Waals surface area (Å²) in [6, 6.07) is 16.5. The van der Waals surface area contributed by atoms with E-state index in [-0.39, 0.29) is 29.9 Å². The number of likely N-dealkylation sites (N-methyl/N-ethyl adjacent to an activating group) is 1. The number of methoxy groups -OCH3 is 1. The molecule has 2 atom stereocenters. The summed E-state index contributed by atoms with van der Waals surface area (Å²) in [5, 5.41) is 10.2. The molecule has 0 fully saturated rings. The monoisotopic (exact) mass is 677 g/mol. The van der Waals surface area contributed by atoms with Gasteiger partial charge in [-0.05, 0) is 61.9 Å². The second-order valence-corrected chi connectivity index (χ2v) is 11.1. The van der Waals surface area contributed by atoms with Crippen molar-refractivity contribution in [3.8, 4) is 5.69 Å². The fourth-order valence-corrected chi connectivity index (χ4v) is 5.65. The van der Waals surface area contributed by atoms with Gasteiger partial charge in [-0.1, -0.05) is 36.4 Å². The van der Waals surface area contributed by atoms with Crippen LogP contribution in [-0.2, 0) is 31.8 Å². The van der Waals surface area contributed by atoms with E-state index in [4.69, 9.17) is 5.10 Å². The molecule has 5 rings (SSSR count). The van der Waals surface area contributed by atoms with Gasteiger partial charge in [-0.3, -0.25) is 19.3 Å². The molecule has 14 heteroatoms. The highest BCUT2D eigenvalue weighted by Crippen LogP contribution is 2.44. The van der Waals surface area contributed by atoms with Crippen molar-refractivity contribution in [2.45, 2.75) is 38.5 Å². The molecule has 49 heavy (non-hydrogen) atoms. The zero-order valence-corrected chi connectivity index (χ0v) is 26.5. The molecule has 0 aliphatic carbocycles. The highest BCUT2D eigenvalue weighted by atomic mass is 19.4. The molecule has 10 nitrogen and oxygen atoms in total. The van der Waals surface area contributed by atoms with Crippen molar-refractivity contribution in [3.63, 3.8) is 0 Å². The van der Waals surface area contributed by atoms with Gasteiger partial charge >= 0.3 is 12.1 Å². The molecule has 254 valence electrons. The highest BCUT2D eigenvalue weighted by Gasteiger charge is 2.46. The minimum absolute atomic E-state index is 0.0508. The maximum absolute atomic E-state index is 14.3. The fraction of sp³-hybridized carbons (Fsp3) is 0.229.